The molecule has 1 aliphatic rings. The molecule has 0 unspecified atom stereocenters. The van der Waals surface area contributed by atoms with E-state index in [2.05, 4.69) is 0 Å². The molecular formula is C19H22FNO4S2. The van der Waals surface area contributed by atoms with E-state index < -0.39 is 47.4 Å². The topological polar surface area (TPSA) is 71.5 Å². The minimum Gasteiger partial charge on any atom is -0.297 e. The molecule has 27 heavy (non-hydrogen) atoms. The second-order valence-electron chi connectivity index (χ2n) is 7.06. The minimum atomic E-state index is -4.15. The summed E-state index contributed by atoms with van der Waals surface area (Å²) >= 11 is 0. The van der Waals surface area contributed by atoms with Gasteiger partial charge in [0.1, 0.15) is 10.7 Å². The normalized spacial score (nSPS) is 22.2. The fourth-order valence-corrected chi connectivity index (χ4v) is 8.54. The smallest absolute Gasteiger partial charge is 0.186 e. The maximum atomic E-state index is 14.2. The summed E-state index contributed by atoms with van der Waals surface area (Å²) in [6.45, 7) is 2.08. The summed E-state index contributed by atoms with van der Waals surface area (Å²) in [5.41, 5.74) is 1.55. The Labute approximate surface area is 159 Å². The summed E-state index contributed by atoms with van der Waals surface area (Å²) in [5.74, 6) is -1.60. The molecule has 5 nitrogen and oxygen atoms in total. The second kappa shape index (κ2) is 7.33. The molecule has 0 aromatic heterocycles. The van der Waals surface area contributed by atoms with Crippen LogP contribution in [0.25, 0.3) is 0 Å². The zero-order valence-corrected chi connectivity index (χ0v) is 16.8. The van der Waals surface area contributed by atoms with Gasteiger partial charge in [0.2, 0.25) is 0 Å². The van der Waals surface area contributed by atoms with Crippen LogP contribution in [0.5, 0.6) is 0 Å². The number of sulfone groups is 2. The van der Waals surface area contributed by atoms with Gasteiger partial charge in [-0.2, -0.15) is 0 Å². The summed E-state index contributed by atoms with van der Waals surface area (Å²) < 4.78 is 65.0. The summed E-state index contributed by atoms with van der Waals surface area (Å²) in [7, 11) is -5.98. The van der Waals surface area contributed by atoms with Crippen molar-refractivity contribution in [2.45, 2.75) is 29.7 Å². The Morgan fingerprint density at radius 3 is 2.44 bits per heavy atom. The first-order valence-corrected chi connectivity index (χ1v) is 11.9. The third kappa shape index (κ3) is 4.23. The van der Waals surface area contributed by atoms with Crippen molar-refractivity contribution in [1.29, 1.82) is 0 Å². The van der Waals surface area contributed by atoms with Gasteiger partial charge in [-0.3, -0.25) is 4.90 Å². The van der Waals surface area contributed by atoms with Crippen LogP contribution in [0, 0.1) is 12.7 Å². The summed E-state index contributed by atoms with van der Waals surface area (Å²) in [6, 6.07) is 12.5. The van der Waals surface area contributed by atoms with Crippen LogP contribution in [0.1, 0.15) is 11.1 Å². The van der Waals surface area contributed by atoms with E-state index in [4.69, 9.17) is 0 Å². The third-order valence-electron chi connectivity index (χ3n) is 4.90. The van der Waals surface area contributed by atoms with Crippen molar-refractivity contribution in [3.8, 4) is 0 Å². The fraction of sp³-hybridized carbons (Fsp3) is 0.368. The molecule has 0 spiro atoms. The predicted octanol–water partition coefficient (Wildman–Crippen LogP) is 2.21. The number of halogens is 1. The number of hydrogen-bond acceptors (Lipinski definition) is 5. The van der Waals surface area contributed by atoms with Gasteiger partial charge in [-0.15, -0.1) is 0 Å². The highest BCUT2D eigenvalue weighted by Crippen LogP contribution is 2.31. The Hall–Kier alpha value is -1.77. The predicted molar refractivity (Wildman–Crippen MR) is 102 cm³/mol. The molecule has 1 heterocycles. The lowest BCUT2D eigenvalue weighted by Crippen LogP contribution is -2.44. The van der Waals surface area contributed by atoms with Crippen molar-refractivity contribution in [2.75, 3.05) is 18.6 Å². The van der Waals surface area contributed by atoms with Crippen LogP contribution < -0.4 is 0 Å². The standard InChI is InChI=1S/C19H22FNO4S2/c1-14-8-9-16(20)18(10-14)27(24,25)19-13-26(22,23)12-17(19)21(2)11-15-6-4-3-5-7-15/h3-10,17,19H,11-13H2,1-2H3/t17-,19-/m0/s1. The van der Waals surface area contributed by atoms with Crippen molar-refractivity contribution in [1.82, 2.24) is 4.90 Å². The van der Waals surface area contributed by atoms with E-state index in [1.54, 1.807) is 18.9 Å². The molecule has 8 heteroatoms. The fourth-order valence-electron chi connectivity index (χ4n) is 3.48. The van der Waals surface area contributed by atoms with Crippen molar-refractivity contribution >= 4 is 19.7 Å². The van der Waals surface area contributed by atoms with E-state index >= 15 is 0 Å². The summed E-state index contributed by atoms with van der Waals surface area (Å²) in [5, 5.41) is -1.20. The van der Waals surface area contributed by atoms with Crippen LogP contribution in [-0.2, 0) is 26.2 Å². The monoisotopic (exact) mass is 411 g/mol. The highest BCUT2D eigenvalue weighted by atomic mass is 32.2. The van der Waals surface area contributed by atoms with Crippen LogP contribution in [-0.4, -0.2) is 51.6 Å². The van der Waals surface area contributed by atoms with Gasteiger partial charge in [0, 0.05) is 12.6 Å². The van der Waals surface area contributed by atoms with Gasteiger partial charge >= 0.3 is 0 Å². The van der Waals surface area contributed by atoms with Gasteiger partial charge in [0.25, 0.3) is 0 Å². The van der Waals surface area contributed by atoms with E-state index in [1.165, 1.54) is 12.1 Å². The number of hydrogen-bond donors (Lipinski definition) is 0. The Bertz CT molecular complexity index is 1040. The van der Waals surface area contributed by atoms with E-state index in [-0.39, 0.29) is 5.75 Å². The zero-order valence-electron chi connectivity index (χ0n) is 15.2. The average Bonchev–Trinajstić information content (AvgIpc) is 2.94. The lowest BCUT2D eigenvalue weighted by Gasteiger charge is -2.28. The maximum Gasteiger partial charge on any atom is 0.186 e. The van der Waals surface area contributed by atoms with Gasteiger partial charge in [-0.05, 0) is 37.2 Å². The molecule has 2 atom stereocenters. The zero-order chi connectivity index (χ0) is 19.8. The first-order chi connectivity index (χ1) is 12.6. The molecule has 0 N–H and O–H groups in total. The molecule has 1 saturated heterocycles. The second-order valence-corrected chi connectivity index (χ2v) is 11.4. The molecule has 3 rings (SSSR count). The van der Waals surface area contributed by atoms with Crippen molar-refractivity contribution in [3.05, 3.63) is 65.5 Å². The quantitative estimate of drug-likeness (QED) is 0.754. The van der Waals surface area contributed by atoms with Crippen LogP contribution >= 0.6 is 0 Å². The molecule has 0 aliphatic carbocycles. The van der Waals surface area contributed by atoms with Gasteiger partial charge in [0.05, 0.1) is 16.8 Å². The van der Waals surface area contributed by atoms with Crippen molar-refractivity contribution < 1.29 is 21.2 Å². The van der Waals surface area contributed by atoms with E-state index in [9.17, 15) is 21.2 Å². The molecule has 0 amide bonds. The number of nitrogens with zero attached hydrogens (tertiary/aromatic N) is 1. The molecule has 0 bridgehead atoms. The average molecular weight is 412 g/mol. The lowest BCUT2D eigenvalue weighted by molar-refractivity contribution is 0.254. The molecule has 146 valence electrons. The van der Waals surface area contributed by atoms with E-state index in [0.717, 1.165) is 11.6 Å². The highest BCUT2D eigenvalue weighted by molar-refractivity contribution is 7.96. The summed E-state index contributed by atoms with van der Waals surface area (Å²) in [4.78, 5) is 1.30. The van der Waals surface area contributed by atoms with Gasteiger partial charge < -0.3 is 0 Å². The van der Waals surface area contributed by atoms with Crippen molar-refractivity contribution in [3.63, 3.8) is 0 Å². The SMILES string of the molecule is Cc1ccc(F)c(S(=O)(=O)[C@H]2CS(=O)(=O)C[C@@H]2N(C)Cc2ccccc2)c1. The van der Waals surface area contributed by atoms with E-state index in [1.807, 2.05) is 30.3 Å². The molecule has 1 fully saturated rings. The maximum absolute atomic E-state index is 14.2. The molecule has 0 radical (unpaired) electrons. The van der Waals surface area contributed by atoms with Crippen LogP contribution in [0.3, 0.4) is 0 Å². The number of benzene rings is 2. The molecule has 2 aromatic carbocycles. The third-order valence-corrected chi connectivity index (χ3v) is 9.04. The Morgan fingerprint density at radius 1 is 1.11 bits per heavy atom. The van der Waals surface area contributed by atoms with Crippen LogP contribution in [0.4, 0.5) is 4.39 Å². The minimum absolute atomic E-state index is 0.256. The highest BCUT2D eigenvalue weighted by Gasteiger charge is 2.48. The molecule has 0 saturated carbocycles. The Kier molecular flexibility index (Phi) is 5.42. The first kappa shape index (κ1) is 20.0. The number of aryl methyl sites for hydroxylation is 1. The van der Waals surface area contributed by atoms with Crippen LogP contribution in [0.15, 0.2) is 53.4 Å². The Morgan fingerprint density at radius 2 is 1.78 bits per heavy atom. The van der Waals surface area contributed by atoms with Gasteiger partial charge in [-0.1, -0.05) is 36.4 Å². The summed E-state index contributed by atoms with van der Waals surface area (Å²) in [6.07, 6.45) is 0. The number of rotatable bonds is 5. The molecular weight excluding hydrogens is 389 g/mol. The van der Waals surface area contributed by atoms with Crippen molar-refractivity contribution in [2.24, 2.45) is 0 Å². The lowest BCUT2D eigenvalue weighted by atomic mass is 10.1. The Balaban J connectivity index is 1.97. The van der Waals surface area contributed by atoms with Crippen LogP contribution in [0.2, 0.25) is 0 Å². The molecule has 1 aliphatic heterocycles. The van der Waals surface area contributed by atoms with Gasteiger partial charge in [-0.25, -0.2) is 21.2 Å². The first-order valence-electron chi connectivity index (χ1n) is 8.55. The largest absolute Gasteiger partial charge is 0.297 e. The molecule has 2 aromatic rings. The van der Waals surface area contributed by atoms with Gasteiger partial charge in [0.15, 0.2) is 19.7 Å². The van der Waals surface area contributed by atoms with E-state index in [0.29, 0.717) is 12.1 Å².